The Balaban J connectivity index is 2.50. The second kappa shape index (κ2) is 8.56. The van der Waals surface area contributed by atoms with E-state index in [2.05, 4.69) is 9.35 Å². The van der Waals surface area contributed by atoms with Crippen molar-refractivity contribution >= 4 is 15.8 Å². The van der Waals surface area contributed by atoms with Crippen LogP contribution < -0.4 is 5.14 Å². The summed E-state index contributed by atoms with van der Waals surface area (Å²) in [6.45, 7) is 10.3. The van der Waals surface area contributed by atoms with E-state index in [0.717, 1.165) is 6.07 Å². The number of benzene rings is 1. The summed E-state index contributed by atoms with van der Waals surface area (Å²) < 4.78 is 44.7. The van der Waals surface area contributed by atoms with Crippen LogP contribution in [0, 0.1) is 11.6 Å². The highest BCUT2D eigenvalue weighted by Crippen LogP contribution is 2.30. The first-order valence-corrected chi connectivity index (χ1v) is 11.2. The fraction of sp³-hybridized carbons (Fsp3) is 0.476. The molecule has 9 heteroatoms. The SMILES string of the molecule is CC(C)c1cc(F)cc(C(C)C)c1CC(=O)N=S(N)(=O)c1[nH]c(C(C)(C)O)cc1F. The molecule has 0 radical (unpaired) electrons. The van der Waals surface area contributed by atoms with Crippen molar-refractivity contribution < 1.29 is 22.9 Å². The predicted molar refractivity (Wildman–Crippen MR) is 112 cm³/mol. The molecule has 1 heterocycles. The van der Waals surface area contributed by atoms with Gasteiger partial charge in [-0.15, -0.1) is 4.36 Å². The number of halogens is 2. The molecular formula is C21H29F2N3O3S. The molecule has 166 valence electrons. The van der Waals surface area contributed by atoms with E-state index in [1.165, 1.54) is 26.0 Å². The lowest BCUT2D eigenvalue weighted by Crippen LogP contribution is -2.20. The number of H-pyrrole nitrogens is 1. The van der Waals surface area contributed by atoms with Crippen LogP contribution >= 0.6 is 0 Å². The van der Waals surface area contributed by atoms with Crippen LogP contribution in [0.15, 0.2) is 27.6 Å². The minimum atomic E-state index is -3.91. The average molecular weight is 442 g/mol. The van der Waals surface area contributed by atoms with Crippen LogP contribution in [0.2, 0.25) is 0 Å². The van der Waals surface area contributed by atoms with Crippen LogP contribution in [0.3, 0.4) is 0 Å². The molecule has 0 aliphatic carbocycles. The zero-order chi connectivity index (χ0) is 23.0. The number of aromatic amines is 1. The molecule has 0 aliphatic heterocycles. The standard InChI is InChI=1S/C21H29F2N3O3S/c1-11(2)14-7-13(22)8-15(12(3)4)16(14)9-19(27)26-30(24,29)20-17(23)10-18(25-20)21(5,6)28/h7-8,10-12,25,28H,9H2,1-6H3,(H2,24,26,27,29). The lowest BCUT2D eigenvalue weighted by molar-refractivity contribution is -0.117. The van der Waals surface area contributed by atoms with E-state index in [9.17, 15) is 22.9 Å². The topological polar surface area (TPSA) is 109 Å². The first-order valence-electron chi connectivity index (χ1n) is 9.64. The van der Waals surface area contributed by atoms with Crippen LogP contribution in [-0.2, 0) is 26.7 Å². The zero-order valence-corrected chi connectivity index (χ0v) is 18.9. The zero-order valence-electron chi connectivity index (χ0n) is 18.0. The van der Waals surface area contributed by atoms with Crippen molar-refractivity contribution in [2.45, 2.75) is 70.4 Å². The van der Waals surface area contributed by atoms with E-state index in [1.807, 2.05) is 27.7 Å². The number of nitrogens with one attached hydrogen (secondary N) is 1. The molecule has 1 aromatic heterocycles. The van der Waals surface area contributed by atoms with Crippen molar-refractivity contribution in [3.8, 4) is 0 Å². The average Bonchev–Trinajstić information content (AvgIpc) is 2.98. The number of hydrogen-bond acceptors (Lipinski definition) is 3. The molecule has 2 aromatic rings. The van der Waals surface area contributed by atoms with Gasteiger partial charge in [-0.2, -0.15) is 0 Å². The summed E-state index contributed by atoms with van der Waals surface area (Å²) in [5.41, 5.74) is 0.542. The van der Waals surface area contributed by atoms with Crippen molar-refractivity contribution in [1.29, 1.82) is 0 Å². The minimum absolute atomic E-state index is 0.0542. The number of carbonyl (C=O) groups excluding carboxylic acids is 1. The normalized spacial score (nSPS) is 14.3. The molecule has 0 spiro atoms. The van der Waals surface area contributed by atoms with Crippen LogP contribution in [0.5, 0.6) is 0 Å². The number of aliphatic hydroxyl groups is 1. The minimum Gasteiger partial charge on any atom is -0.384 e. The predicted octanol–water partition coefficient (Wildman–Crippen LogP) is 4.24. The van der Waals surface area contributed by atoms with E-state index in [4.69, 9.17) is 5.14 Å². The maximum absolute atomic E-state index is 14.3. The molecule has 1 aromatic carbocycles. The number of amides is 1. The van der Waals surface area contributed by atoms with E-state index >= 15 is 0 Å². The highest BCUT2D eigenvalue weighted by Gasteiger charge is 2.26. The van der Waals surface area contributed by atoms with E-state index < -0.39 is 38.1 Å². The summed E-state index contributed by atoms with van der Waals surface area (Å²) in [5, 5.41) is 15.1. The molecule has 2 rings (SSSR count). The molecule has 0 saturated heterocycles. The number of nitrogens with two attached hydrogens (primary N) is 1. The Kier molecular flexibility index (Phi) is 6.90. The highest BCUT2D eigenvalue weighted by atomic mass is 32.2. The van der Waals surface area contributed by atoms with Crippen LogP contribution in [-0.4, -0.2) is 20.2 Å². The van der Waals surface area contributed by atoms with Crippen LogP contribution in [0.4, 0.5) is 8.78 Å². The number of aromatic nitrogens is 1. The van der Waals surface area contributed by atoms with Crippen molar-refractivity contribution in [3.63, 3.8) is 0 Å². The van der Waals surface area contributed by atoms with Gasteiger partial charge in [0.2, 0.25) is 0 Å². The van der Waals surface area contributed by atoms with Crippen molar-refractivity contribution in [1.82, 2.24) is 4.98 Å². The van der Waals surface area contributed by atoms with Gasteiger partial charge in [0, 0.05) is 0 Å². The van der Waals surface area contributed by atoms with Crippen LogP contribution in [0.1, 0.15) is 75.8 Å². The van der Waals surface area contributed by atoms with Crippen molar-refractivity contribution in [3.05, 3.63) is 52.2 Å². The van der Waals surface area contributed by atoms with Gasteiger partial charge in [-0.1, -0.05) is 27.7 Å². The molecule has 0 fully saturated rings. The Morgan fingerprint density at radius 1 is 1.17 bits per heavy atom. The molecule has 6 nitrogen and oxygen atoms in total. The third kappa shape index (κ3) is 5.33. The first-order chi connectivity index (χ1) is 13.6. The monoisotopic (exact) mass is 441 g/mol. The smallest absolute Gasteiger partial charge is 0.259 e. The third-order valence-corrected chi connectivity index (χ3v) is 6.14. The molecule has 0 saturated carbocycles. The van der Waals surface area contributed by atoms with Gasteiger partial charge in [0.25, 0.3) is 5.91 Å². The molecule has 0 aliphatic rings. The molecule has 1 amide bonds. The Bertz CT molecular complexity index is 1050. The summed E-state index contributed by atoms with van der Waals surface area (Å²) in [6.07, 6.45) is -0.240. The fourth-order valence-electron chi connectivity index (χ4n) is 3.25. The number of nitrogens with zero attached hydrogens (tertiary/aromatic N) is 1. The summed E-state index contributed by atoms with van der Waals surface area (Å²) in [5.74, 6) is -2.27. The third-order valence-electron chi connectivity index (χ3n) is 4.78. The van der Waals surface area contributed by atoms with E-state index in [1.54, 1.807) is 0 Å². The van der Waals surface area contributed by atoms with Gasteiger partial charge in [0.15, 0.2) is 20.8 Å². The molecule has 4 N–H and O–H groups in total. The second-order valence-corrected chi connectivity index (χ2v) is 10.2. The lowest BCUT2D eigenvalue weighted by atomic mass is 9.87. The molecule has 1 atom stereocenters. The summed E-state index contributed by atoms with van der Waals surface area (Å²) in [4.78, 5) is 15.1. The van der Waals surface area contributed by atoms with Crippen molar-refractivity contribution in [2.24, 2.45) is 9.50 Å². The first kappa shape index (κ1) is 24.2. The maximum Gasteiger partial charge on any atom is 0.259 e. The van der Waals surface area contributed by atoms with Gasteiger partial charge in [0.1, 0.15) is 5.82 Å². The quantitative estimate of drug-likeness (QED) is 0.624. The van der Waals surface area contributed by atoms with Crippen LogP contribution in [0.25, 0.3) is 0 Å². The van der Waals surface area contributed by atoms with E-state index in [0.29, 0.717) is 16.7 Å². The Morgan fingerprint density at radius 3 is 2.07 bits per heavy atom. The maximum atomic E-state index is 14.3. The Labute approximate surface area is 176 Å². The summed E-state index contributed by atoms with van der Waals surface area (Å²) in [7, 11) is -3.91. The van der Waals surface area contributed by atoms with Gasteiger partial charge in [-0.25, -0.2) is 18.1 Å². The molecular weight excluding hydrogens is 412 g/mol. The molecule has 1 unspecified atom stereocenters. The number of rotatable bonds is 6. The van der Waals surface area contributed by atoms with Gasteiger partial charge in [-0.3, -0.25) is 4.79 Å². The summed E-state index contributed by atoms with van der Waals surface area (Å²) in [6, 6.07) is 3.72. The van der Waals surface area contributed by atoms with Gasteiger partial charge in [0.05, 0.1) is 17.7 Å². The fourth-order valence-corrected chi connectivity index (χ4v) is 4.30. The van der Waals surface area contributed by atoms with Crippen molar-refractivity contribution in [2.75, 3.05) is 0 Å². The number of carbonyl (C=O) groups is 1. The van der Waals surface area contributed by atoms with Gasteiger partial charge >= 0.3 is 0 Å². The number of hydrogen-bond donors (Lipinski definition) is 3. The summed E-state index contributed by atoms with van der Waals surface area (Å²) >= 11 is 0. The Hall–Kier alpha value is -2.10. The second-order valence-electron chi connectivity index (χ2n) is 8.52. The Morgan fingerprint density at radius 2 is 1.67 bits per heavy atom. The van der Waals surface area contributed by atoms with E-state index in [-0.39, 0.29) is 24.0 Å². The van der Waals surface area contributed by atoms with Gasteiger partial charge < -0.3 is 10.1 Å². The lowest BCUT2D eigenvalue weighted by Gasteiger charge is -2.19. The van der Waals surface area contributed by atoms with Gasteiger partial charge in [-0.05, 0) is 60.6 Å². The highest BCUT2D eigenvalue weighted by molar-refractivity contribution is 7.91. The molecule has 30 heavy (non-hydrogen) atoms. The largest absolute Gasteiger partial charge is 0.384 e. The molecule has 0 bridgehead atoms.